The lowest BCUT2D eigenvalue weighted by molar-refractivity contribution is 0.102. The van der Waals surface area contributed by atoms with E-state index in [9.17, 15) is 4.79 Å². The molecule has 2 nitrogen and oxygen atoms in total. The molecule has 1 N–H and O–H groups in total. The summed E-state index contributed by atoms with van der Waals surface area (Å²) in [6.07, 6.45) is 0. The van der Waals surface area contributed by atoms with Gasteiger partial charge in [-0.2, -0.15) is 0 Å². The number of hydrogen-bond acceptors (Lipinski definition) is 1. The average molecular weight is 318 g/mol. The Morgan fingerprint density at radius 1 is 1.11 bits per heavy atom. The van der Waals surface area contributed by atoms with Gasteiger partial charge in [0.25, 0.3) is 5.91 Å². The molecule has 98 valence electrons. The van der Waals surface area contributed by atoms with Crippen LogP contribution in [0.25, 0.3) is 0 Å². The van der Waals surface area contributed by atoms with E-state index in [0.717, 1.165) is 27.7 Å². The van der Waals surface area contributed by atoms with Crippen LogP contribution in [0.2, 0.25) is 0 Å². The van der Waals surface area contributed by atoms with Crippen LogP contribution in [0.1, 0.15) is 27.0 Å². The second-order valence-electron chi connectivity index (χ2n) is 4.62. The van der Waals surface area contributed by atoms with Gasteiger partial charge in [0.05, 0.1) is 0 Å². The monoisotopic (exact) mass is 317 g/mol. The predicted molar refractivity (Wildman–Crippen MR) is 82.9 cm³/mol. The molecule has 0 aromatic heterocycles. The number of anilines is 1. The number of halogens is 1. The van der Waals surface area contributed by atoms with E-state index in [1.807, 2.05) is 50.2 Å². The maximum Gasteiger partial charge on any atom is 0.255 e. The van der Waals surface area contributed by atoms with Crippen LogP contribution in [-0.2, 0) is 5.33 Å². The van der Waals surface area contributed by atoms with Crippen LogP contribution in [0.3, 0.4) is 0 Å². The van der Waals surface area contributed by atoms with Gasteiger partial charge in [0.2, 0.25) is 0 Å². The fourth-order valence-electron chi connectivity index (χ4n) is 2.06. The maximum atomic E-state index is 12.3. The topological polar surface area (TPSA) is 29.1 Å². The molecule has 0 unspecified atom stereocenters. The molecule has 0 heterocycles. The van der Waals surface area contributed by atoms with Crippen LogP contribution in [-0.4, -0.2) is 5.91 Å². The summed E-state index contributed by atoms with van der Waals surface area (Å²) in [5.74, 6) is -0.0693. The van der Waals surface area contributed by atoms with Gasteiger partial charge in [-0.15, -0.1) is 0 Å². The van der Waals surface area contributed by atoms with Crippen molar-refractivity contribution in [1.29, 1.82) is 0 Å². The second-order valence-corrected chi connectivity index (χ2v) is 5.18. The van der Waals surface area contributed by atoms with Crippen molar-refractivity contribution in [2.24, 2.45) is 0 Å². The Labute approximate surface area is 122 Å². The molecule has 0 aliphatic carbocycles. The van der Waals surface area contributed by atoms with E-state index in [1.54, 1.807) is 0 Å². The lowest BCUT2D eigenvalue weighted by Crippen LogP contribution is -2.13. The van der Waals surface area contributed by atoms with Crippen LogP contribution in [0.5, 0.6) is 0 Å². The number of para-hydroxylation sites is 1. The van der Waals surface area contributed by atoms with E-state index >= 15 is 0 Å². The number of rotatable bonds is 3. The Morgan fingerprint density at radius 2 is 1.74 bits per heavy atom. The van der Waals surface area contributed by atoms with Crippen molar-refractivity contribution in [3.8, 4) is 0 Å². The van der Waals surface area contributed by atoms with Gasteiger partial charge in [-0.3, -0.25) is 4.79 Å². The number of carbonyl (C=O) groups is 1. The Kier molecular flexibility index (Phi) is 4.38. The highest BCUT2D eigenvalue weighted by molar-refractivity contribution is 9.08. The zero-order valence-electron chi connectivity index (χ0n) is 11.0. The molecule has 19 heavy (non-hydrogen) atoms. The van der Waals surface area contributed by atoms with Crippen molar-refractivity contribution in [2.45, 2.75) is 19.2 Å². The van der Waals surface area contributed by atoms with E-state index in [2.05, 4.69) is 27.3 Å². The third-order valence-corrected chi connectivity index (χ3v) is 3.50. The first-order valence-electron chi connectivity index (χ1n) is 6.13. The SMILES string of the molecule is Cc1cc(C)cc(C(=O)Nc2ccccc2CBr)c1. The van der Waals surface area contributed by atoms with Crippen molar-refractivity contribution in [3.05, 3.63) is 64.7 Å². The predicted octanol–water partition coefficient (Wildman–Crippen LogP) is 4.45. The first-order chi connectivity index (χ1) is 9.10. The standard InChI is InChI=1S/C16H16BrNO/c1-11-7-12(2)9-14(8-11)16(19)18-15-6-4-3-5-13(15)10-17/h3-9H,10H2,1-2H3,(H,18,19). The van der Waals surface area contributed by atoms with Crippen LogP contribution in [0, 0.1) is 13.8 Å². The Bertz CT molecular complexity index is 587. The molecule has 2 rings (SSSR count). The van der Waals surface area contributed by atoms with Crippen molar-refractivity contribution in [1.82, 2.24) is 0 Å². The molecule has 0 saturated heterocycles. The fraction of sp³-hybridized carbons (Fsp3) is 0.188. The Morgan fingerprint density at radius 3 is 2.37 bits per heavy atom. The van der Waals surface area contributed by atoms with Gasteiger partial charge in [0.15, 0.2) is 0 Å². The Hall–Kier alpha value is -1.61. The molecule has 2 aromatic carbocycles. The first kappa shape index (κ1) is 13.8. The first-order valence-corrected chi connectivity index (χ1v) is 7.26. The van der Waals surface area contributed by atoms with Crippen LogP contribution in [0.4, 0.5) is 5.69 Å². The summed E-state index contributed by atoms with van der Waals surface area (Å²) in [7, 11) is 0. The van der Waals surface area contributed by atoms with Crippen molar-refractivity contribution < 1.29 is 4.79 Å². The lowest BCUT2D eigenvalue weighted by atomic mass is 10.1. The largest absolute Gasteiger partial charge is 0.322 e. The second kappa shape index (κ2) is 6.02. The third kappa shape index (κ3) is 3.44. The van der Waals surface area contributed by atoms with E-state index in [0.29, 0.717) is 5.56 Å². The minimum atomic E-state index is -0.0693. The van der Waals surface area contributed by atoms with Crippen LogP contribution < -0.4 is 5.32 Å². The van der Waals surface area contributed by atoms with E-state index in [1.165, 1.54) is 0 Å². The molecule has 3 heteroatoms. The maximum absolute atomic E-state index is 12.3. The van der Waals surface area contributed by atoms with E-state index in [-0.39, 0.29) is 5.91 Å². The number of aryl methyl sites for hydroxylation is 2. The lowest BCUT2D eigenvalue weighted by Gasteiger charge is -2.10. The Balaban J connectivity index is 2.25. The summed E-state index contributed by atoms with van der Waals surface area (Å²) in [6.45, 7) is 3.99. The van der Waals surface area contributed by atoms with E-state index < -0.39 is 0 Å². The molecule has 2 aromatic rings. The highest BCUT2D eigenvalue weighted by Gasteiger charge is 2.09. The highest BCUT2D eigenvalue weighted by Crippen LogP contribution is 2.19. The quantitative estimate of drug-likeness (QED) is 0.832. The minimum Gasteiger partial charge on any atom is -0.322 e. The summed E-state index contributed by atoms with van der Waals surface area (Å²) >= 11 is 3.43. The molecule has 0 radical (unpaired) electrons. The van der Waals surface area contributed by atoms with Gasteiger partial charge in [-0.25, -0.2) is 0 Å². The molecule has 1 amide bonds. The van der Waals surface area contributed by atoms with Gasteiger partial charge in [-0.1, -0.05) is 51.3 Å². The summed E-state index contributed by atoms with van der Waals surface area (Å²) < 4.78 is 0. The van der Waals surface area contributed by atoms with Gasteiger partial charge < -0.3 is 5.32 Å². The number of benzene rings is 2. The molecule has 0 atom stereocenters. The summed E-state index contributed by atoms with van der Waals surface area (Å²) in [4.78, 5) is 12.3. The molecule has 0 aliphatic heterocycles. The molecule has 0 fully saturated rings. The van der Waals surface area contributed by atoms with Crippen molar-refractivity contribution in [3.63, 3.8) is 0 Å². The molecule has 0 aliphatic rings. The summed E-state index contributed by atoms with van der Waals surface area (Å²) in [6, 6.07) is 13.6. The number of nitrogens with one attached hydrogen (secondary N) is 1. The average Bonchev–Trinajstić information content (AvgIpc) is 2.38. The third-order valence-electron chi connectivity index (χ3n) is 2.89. The number of carbonyl (C=O) groups excluding carboxylic acids is 1. The van der Waals surface area contributed by atoms with Crippen molar-refractivity contribution >= 4 is 27.5 Å². The number of alkyl halides is 1. The smallest absolute Gasteiger partial charge is 0.255 e. The van der Waals surface area contributed by atoms with Crippen LogP contribution >= 0.6 is 15.9 Å². The number of amides is 1. The normalized spacial score (nSPS) is 10.3. The molecular weight excluding hydrogens is 302 g/mol. The van der Waals surface area contributed by atoms with Crippen LogP contribution in [0.15, 0.2) is 42.5 Å². The molecular formula is C16H16BrNO. The van der Waals surface area contributed by atoms with Gasteiger partial charge in [-0.05, 0) is 37.6 Å². The van der Waals surface area contributed by atoms with Gasteiger partial charge in [0.1, 0.15) is 0 Å². The zero-order valence-corrected chi connectivity index (χ0v) is 12.6. The zero-order chi connectivity index (χ0) is 13.8. The highest BCUT2D eigenvalue weighted by atomic mass is 79.9. The fourth-order valence-corrected chi connectivity index (χ4v) is 2.55. The molecule has 0 spiro atoms. The van der Waals surface area contributed by atoms with Gasteiger partial charge >= 0.3 is 0 Å². The number of hydrogen-bond donors (Lipinski definition) is 1. The molecule has 0 saturated carbocycles. The van der Waals surface area contributed by atoms with Gasteiger partial charge in [0, 0.05) is 16.6 Å². The van der Waals surface area contributed by atoms with Crippen molar-refractivity contribution in [2.75, 3.05) is 5.32 Å². The summed E-state index contributed by atoms with van der Waals surface area (Å²) in [5, 5.41) is 3.68. The minimum absolute atomic E-state index is 0.0693. The van der Waals surface area contributed by atoms with E-state index in [4.69, 9.17) is 0 Å². The summed E-state index contributed by atoms with van der Waals surface area (Å²) in [5.41, 5.74) is 4.81. The molecule has 0 bridgehead atoms.